The molecule has 0 radical (unpaired) electrons. The number of benzene rings is 3. The van der Waals surface area contributed by atoms with E-state index in [4.69, 9.17) is 9.26 Å². The van der Waals surface area contributed by atoms with Gasteiger partial charge < -0.3 is 14.6 Å². The van der Waals surface area contributed by atoms with Gasteiger partial charge in [0.15, 0.2) is 6.10 Å². The van der Waals surface area contributed by atoms with E-state index in [9.17, 15) is 4.79 Å². The summed E-state index contributed by atoms with van der Waals surface area (Å²) in [6.45, 7) is 4.08. The minimum absolute atomic E-state index is 0.146. The number of nitrogens with zero attached hydrogens (tertiary/aromatic N) is 2. The van der Waals surface area contributed by atoms with Crippen molar-refractivity contribution in [1.82, 2.24) is 15.5 Å². The molecule has 1 N–H and O–H groups in total. The second kappa shape index (κ2) is 8.78. The number of hydrogen-bond acceptors (Lipinski definition) is 5. The summed E-state index contributed by atoms with van der Waals surface area (Å²) >= 11 is 0. The van der Waals surface area contributed by atoms with Crippen LogP contribution in [0.3, 0.4) is 0 Å². The van der Waals surface area contributed by atoms with Crippen LogP contribution in [0.2, 0.25) is 0 Å². The summed E-state index contributed by atoms with van der Waals surface area (Å²) in [5, 5.41) is 8.87. The van der Waals surface area contributed by atoms with Gasteiger partial charge in [0, 0.05) is 10.9 Å². The lowest BCUT2D eigenvalue weighted by molar-refractivity contribution is -0.128. The molecule has 0 bridgehead atoms. The molecule has 0 aliphatic carbocycles. The number of rotatable bonds is 7. The zero-order chi connectivity index (χ0) is 20.9. The van der Waals surface area contributed by atoms with Gasteiger partial charge in [0.2, 0.25) is 11.7 Å². The maximum Gasteiger partial charge on any atom is 0.261 e. The van der Waals surface area contributed by atoms with Gasteiger partial charge in [-0.15, -0.1) is 0 Å². The first kappa shape index (κ1) is 19.6. The zero-order valence-corrected chi connectivity index (χ0v) is 17.0. The second-order valence-corrected chi connectivity index (χ2v) is 7.09. The number of nitrogens with one attached hydrogen (secondary N) is 1. The van der Waals surface area contributed by atoms with E-state index in [0.29, 0.717) is 23.9 Å². The molecule has 152 valence electrons. The molecule has 3 aromatic carbocycles. The number of ether oxygens (including phenoxy) is 1. The number of carbonyl (C=O) groups excluding carboxylic acids is 1. The van der Waals surface area contributed by atoms with Gasteiger partial charge >= 0.3 is 0 Å². The van der Waals surface area contributed by atoms with Gasteiger partial charge in [-0.2, -0.15) is 4.98 Å². The zero-order valence-electron chi connectivity index (χ0n) is 17.0. The van der Waals surface area contributed by atoms with Crippen molar-refractivity contribution in [2.45, 2.75) is 32.9 Å². The number of carbonyl (C=O) groups is 1. The van der Waals surface area contributed by atoms with E-state index in [-0.39, 0.29) is 12.5 Å². The lowest BCUT2D eigenvalue weighted by Gasteiger charge is -2.18. The molecule has 0 aliphatic rings. The van der Waals surface area contributed by atoms with Crippen LogP contribution in [0.5, 0.6) is 5.75 Å². The van der Waals surface area contributed by atoms with Crippen LogP contribution in [-0.4, -0.2) is 22.2 Å². The molecule has 1 amide bonds. The largest absolute Gasteiger partial charge is 0.480 e. The normalized spacial score (nSPS) is 11.9. The summed E-state index contributed by atoms with van der Waals surface area (Å²) in [5.74, 6) is 1.31. The topological polar surface area (TPSA) is 77.2 Å². The predicted octanol–water partition coefficient (Wildman–Crippen LogP) is 4.67. The highest BCUT2D eigenvalue weighted by Gasteiger charge is 2.20. The van der Waals surface area contributed by atoms with E-state index in [1.807, 2.05) is 80.6 Å². The van der Waals surface area contributed by atoms with Gasteiger partial charge in [0.1, 0.15) is 5.75 Å². The molecule has 0 saturated carbocycles. The average Bonchev–Trinajstić information content (AvgIpc) is 3.25. The van der Waals surface area contributed by atoms with Crippen molar-refractivity contribution in [3.8, 4) is 17.1 Å². The second-order valence-electron chi connectivity index (χ2n) is 7.09. The molecule has 1 unspecified atom stereocenters. The third-order valence-electron chi connectivity index (χ3n) is 4.87. The molecule has 1 atom stereocenters. The summed E-state index contributed by atoms with van der Waals surface area (Å²) in [7, 11) is 0. The summed E-state index contributed by atoms with van der Waals surface area (Å²) < 4.78 is 11.3. The van der Waals surface area contributed by atoms with Crippen LogP contribution in [0.15, 0.2) is 71.3 Å². The van der Waals surface area contributed by atoms with Gasteiger partial charge in [-0.3, -0.25) is 4.79 Å². The molecular weight excluding hydrogens is 378 g/mol. The van der Waals surface area contributed by atoms with Crippen LogP contribution in [-0.2, 0) is 11.3 Å². The van der Waals surface area contributed by atoms with Crippen molar-refractivity contribution in [3.63, 3.8) is 0 Å². The Morgan fingerprint density at radius 3 is 2.63 bits per heavy atom. The van der Waals surface area contributed by atoms with Gasteiger partial charge in [-0.05, 0) is 24.8 Å². The third-order valence-corrected chi connectivity index (χ3v) is 4.87. The van der Waals surface area contributed by atoms with Crippen molar-refractivity contribution < 1.29 is 14.1 Å². The first-order valence-corrected chi connectivity index (χ1v) is 9.96. The quantitative estimate of drug-likeness (QED) is 0.487. The molecule has 1 heterocycles. The average molecular weight is 401 g/mol. The number of aromatic nitrogens is 2. The molecule has 0 spiro atoms. The van der Waals surface area contributed by atoms with Crippen molar-refractivity contribution in [2.24, 2.45) is 0 Å². The van der Waals surface area contributed by atoms with E-state index in [2.05, 4.69) is 15.5 Å². The number of hydrogen-bond donors (Lipinski definition) is 1. The molecule has 30 heavy (non-hydrogen) atoms. The minimum atomic E-state index is -0.615. The third kappa shape index (κ3) is 4.33. The number of fused-ring (bicyclic) bond motifs is 1. The molecule has 0 aliphatic heterocycles. The Bertz CT molecular complexity index is 1150. The summed E-state index contributed by atoms with van der Waals surface area (Å²) in [5.41, 5.74) is 2.03. The first-order chi connectivity index (χ1) is 14.6. The van der Waals surface area contributed by atoms with Crippen LogP contribution in [0, 0.1) is 6.92 Å². The molecule has 4 aromatic rings. The fourth-order valence-corrected chi connectivity index (χ4v) is 3.20. The highest BCUT2D eigenvalue weighted by molar-refractivity contribution is 5.89. The lowest BCUT2D eigenvalue weighted by atomic mass is 10.1. The van der Waals surface area contributed by atoms with E-state index >= 15 is 0 Å². The van der Waals surface area contributed by atoms with Crippen molar-refractivity contribution >= 4 is 16.7 Å². The summed E-state index contributed by atoms with van der Waals surface area (Å²) in [6.07, 6.45) is -0.0802. The highest BCUT2D eigenvalue weighted by atomic mass is 16.5. The molecule has 6 nitrogen and oxygen atoms in total. The Morgan fingerprint density at radius 1 is 1.07 bits per heavy atom. The molecule has 6 heteroatoms. The Morgan fingerprint density at radius 2 is 1.83 bits per heavy atom. The van der Waals surface area contributed by atoms with E-state index in [0.717, 1.165) is 21.9 Å². The van der Waals surface area contributed by atoms with Crippen LogP contribution in [0.1, 0.15) is 24.8 Å². The van der Waals surface area contributed by atoms with Crippen molar-refractivity contribution in [3.05, 3.63) is 78.2 Å². The first-order valence-electron chi connectivity index (χ1n) is 9.96. The molecule has 1 aromatic heterocycles. The number of aryl methyl sites for hydroxylation is 1. The summed E-state index contributed by atoms with van der Waals surface area (Å²) in [4.78, 5) is 17.0. The van der Waals surface area contributed by atoms with Crippen LogP contribution in [0.4, 0.5) is 0 Å². The Balaban J connectivity index is 1.41. The van der Waals surface area contributed by atoms with E-state index < -0.39 is 6.10 Å². The van der Waals surface area contributed by atoms with Gasteiger partial charge in [0.05, 0.1) is 6.54 Å². The molecular formula is C24H23N3O3. The van der Waals surface area contributed by atoms with Crippen LogP contribution in [0.25, 0.3) is 22.2 Å². The van der Waals surface area contributed by atoms with Gasteiger partial charge in [-0.25, -0.2) is 0 Å². The van der Waals surface area contributed by atoms with Crippen LogP contribution < -0.4 is 10.1 Å². The molecule has 0 saturated heterocycles. The smallest absolute Gasteiger partial charge is 0.261 e. The lowest BCUT2D eigenvalue weighted by Crippen LogP contribution is -2.37. The molecule has 0 fully saturated rings. The SMILES string of the molecule is CCC(Oc1cccc2ccccc12)C(=O)NCc1nc(-c2ccc(C)cc2)no1. The van der Waals surface area contributed by atoms with Crippen LogP contribution >= 0.6 is 0 Å². The standard InChI is InChI=1S/C24H23N3O3/c1-3-20(29-21-10-6-8-17-7-4-5-9-19(17)21)24(28)25-15-22-26-23(27-30-22)18-13-11-16(2)12-14-18/h4-14,20H,3,15H2,1-2H3,(H,25,28). The minimum Gasteiger partial charge on any atom is -0.480 e. The fourth-order valence-electron chi connectivity index (χ4n) is 3.20. The monoisotopic (exact) mass is 401 g/mol. The van der Waals surface area contributed by atoms with Crippen molar-refractivity contribution in [1.29, 1.82) is 0 Å². The highest BCUT2D eigenvalue weighted by Crippen LogP contribution is 2.26. The van der Waals surface area contributed by atoms with Gasteiger partial charge in [-0.1, -0.05) is 78.3 Å². The number of amides is 1. The maximum atomic E-state index is 12.7. The Labute approximate surface area is 174 Å². The predicted molar refractivity (Wildman–Crippen MR) is 115 cm³/mol. The Kier molecular flexibility index (Phi) is 5.75. The fraction of sp³-hybridized carbons (Fsp3) is 0.208. The maximum absolute atomic E-state index is 12.7. The van der Waals surface area contributed by atoms with Crippen molar-refractivity contribution in [2.75, 3.05) is 0 Å². The van der Waals surface area contributed by atoms with Gasteiger partial charge in [0.25, 0.3) is 5.91 Å². The summed E-state index contributed by atoms with van der Waals surface area (Å²) in [6, 6.07) is 21.6. The Hall–Kier alpha value is -3.67. The van der Waals surface area contributed by atoms with E-state index in [1.54, 1.807) is 0 Å². The van der Waals surface area contributed by atoms with E-state index in [1.165, 1.54) is 0 Å². The molecule has 4 rings (SSSR count).